The van der Waals surface area contributed by atoms with Gasteiger partial charge in [0.15, 0.2) is 0 Å². The number of aryl methyl sites for hydroxylation is 1. The molecule has 0 radical (unpaired) electrons. The van der Waals surface area contributed by atoms with Crippen LogP contribution < -0.4 is 10.6 Å². The maximum absolute atomic E-state index is 10.9. The molecule has 2 aromatic carbocycles. The first-order valence-electron chi connectivity index (χ1n) is 6.91. The lowest BCUT2D eigenvalue weighted by atomic mass is 10.1. The van der Waals surface area contributed by atoms with Crippen LogP contribution in [0.4, 0.5) is 17.1 Å². The van der Waals surface area contributed by atoms with Crippen LogP contribution in [0.2, 0.25) is 0 Å². The van der Waals surface area contributed by atoms with E-state index in [0.29, 0.717) is 12.2 Å². The second-order valence-electron chi connectivity index (χ2n) is 4.80. The topological polar surface area (TPSA) is 67.2 Å². The van der Waals surface area contributed by atoms with Gasteiger partial charge in [0.25, 0.3) is 5.69 Å². The van der Waals surface area contributed by atoms with Gasteiger partial charge in [0, 0.05) is 37.1 Å². The molecule has 0 bridgehead atoms. The molecule has 0 fully saturated rings. The van der Waals surface area contributed by atoms with Crippen molar-refractivity contribution in [3.05, 3.63) is 63.7 Å². The lowest BCUT2D eigenvalue weighted by Gasteiger charge is -2.09. The number of nitro benzene ring substituents is 1. The fourth-order valence-corrected chi connectivity index (χ4v) is 2.06. The van der Waals surface area contributed by atoms with E-state index in [1.54, 1.807) is 13.1 Å². The third kappa shape index (κ3) is 3.95. The molecule has 5 nitrogen and oxygen atoms in total. The third-order valence-corrected chi connectivity index (χ3v) is 3.35. The highest BCUT2D eigenvalue weighted by atomic mass is 16.6. The van der Waals surface area contributed by atoms with Crippen LogP contribution >= 0.6 is 0 Å². The highest BCUT2D eigenvalue weighted by Crippen LogP contribution is 2.24. The van der Waals surface area contributed by atoms with E-state index in [0.717, 1.165) is 17.7 Å². The predicted molar refractivity (Wildman–Crippen MR) is 85.8 cm³/mol. The van der Waals surface area contributed by atoms with Gasteiger partial charge in [-0.25, -0.2) is 0 Å². The number of nitrogens with zero attached hydrogens (tertiary/aromatic N) is 1. The molecule has 0 unspecified atom stereocenters. The predicted octanol–water partition coefficient (Wildman–Crippen LogP) is 3.81. The number of non-ortho nitro benzene ring substituents is 1. The average Bonchev–Trinajstić information content (AvgIpc) is 2.53. The summed E-state index contributed by atoms with van der Waals surface area (Å²) in [7, 11) is 1.74. The molecular formula is C16H19N3O2. The van der Waals surface area contributed by atoms with Crippen LogP contribution in [-0.2, 0) is 13.0 Å². The normalized spacial score (nSPS) is 10.2. The number of nitrogens with one attached hydrogen (secondary N) is 2. The fraction of sp³-hybridized carbons (Fsp3) is 0.250. The Balaban J connectivity index is 2.11. The minimum absolute atomic E-state index is 0.0747. The Morgan fingerprint density at radius 1 is 1.05 bits per heavy atom. The molecule has 5 heteroatoms. The van der Waals surface area contributed by atoms with Crippen molar-refractivity contribution >= 4 is 17.1 Å². The number of rotatable bonds is 6. The Bertz CT molecular complexity index is 624. The van der Waals surface area contributed by atoms with Crippen molar-refractivity contribution in [3.63, 3.8) is 0 Å². The first-order chi connectivity index (χ1) is 10.1. The molecule has 0 spiro atoms. The van der Waals surface area contributed by atoms with E-state index in [9.17, 15) is 10.1 Å². The molecule has 0 atom stereocenters. The number of benzene rings is 2. The third-order valence-electron chi connectivity index (χ3n) is 3.35. The highest BCUT2D eigenvalue weighted by molar-refractivity contribution is 5.63. The molecule has 2 aromatic rings. The van der Waals surface area contributed by atoms with Gasteiger partial charge in [-0.2, -0.15) is 0 Å². The lowest BCUT2D eigenvalue weighted by Crippen LogP contribution is -2.01. The molecule has 0 aliphatic rings. The van der Waals surface area contributed by atoms with Gasteiger partial charge in [-0.15, -0.1) is 0 Å². The van der Waals surface area contributed by atoms with Gasteiger partial charge in [0.2, 0.25) is 0 Å². The average molecular weight is 285 g/mol. The van der Waals surface area contributed by atoms with Gasteiger partial charge in [-0.05, 0) is 23.6 Å². The van der Waals surface area contributed by atoms with E-state index >= 15 is 0 Å². The fourth-order valence-electron chi connectivity index (χ4n) is 2.06. The number of anilines is 2. The molecule has 2 rings (SSSR count). The molecule has 0 aliphatic carbocycles. The van der Waals surface area contributed by atoms with Crippen molar-refractivity contribution < 1.29 is 4.92 Å². The second-order valence-corrected chi connectivity index (χ2v) is 4.80. The van der Waals surface area contributed by atoms with Crippen molar-refractivity contribution in [2.45, 2.75) is 19.9 Å². The molecule has 0 aromatic heterocycles. The summed E-state index contributed by atoms with van der Waals surface area (Å²) in [6.45, 7) is 2.75. The van der Waals surface area contributed by atoms with Crippen molar-refractivity contribution in [1.29, 1.82) is 0 Å². The second kappa shape index (κ2) is 6.74. The molecule has 2 N–H and O–H groups in total. The molecule has 0 saturated carbocycles. The Kier molecular flexibility index (Phi) is 4.77. The Morgan fingerprint density at radius 2 is 1.67 bits per heavy atom. The van der Waals surface area contributed by atoms with Crippen molar-refractivity contribution in [3.8, 4) is 0 Å². The van der Waals surface area contributed by atoms with E-state index in [2.05, 4.69) is 41.8 Å². The summed E-state index contributed by atoms with van der Waals surface area (Å²) in [4.78, 5) is 10.5. The summed E-state index contributed by atoms with van der Waals surface area (Å²) in [5, 5.41) is 17.1. The van der Waals surface area contributed by atoms with E-state index < -0.39 is 0 Å². The summed E-state index contributed by atoms with van der Waals surface area (Å²) in [6, 6.07) is 13.3. The van der Waals surface area contributed by atoms with E-state index in [1.807, 2.05) is 6.07 Å². The van der Waals surface area contributed by atoms with Crippen molar-refractivity contribution in [1.82, 2.24) is 0 Å². The van der Waals surface area contributed by atoms with Crippen molar-refractivity contribution in [2.24, 2.45) is 0 Å². The van der Waals surface area contributed by atoms with Crippen LogP contribution in [0.3, 0.4) is 0 Å². The summed E-state index contributed by atoms with van der Waals surface area (Å²) in [5.74, 6) is 0. The van der Waals surface area contributed by atoms with Gasteiger partial charge in [0.1, 0.15) is 0 Å². The number of nitro groups is 1. The van der Waals surface area contributed by atoms with E-state index in [4.69, 9.17) is 0 Å². The van der Waals surface area contributed by atoms with Crippen LogP contribution in [0, 0.1) is 10.1 Å². The number of hydrogen-bond acceptors (Lipinski definition) is 4. The quantitative estimate of drug-likeness (QED) is 0.625. The minimum atomic E-state index is -0.387. The van der Waals surface area contributed by atoms with Gasteiger partial charge in [-0.1, -0.05) is 31.2 Å². The van der Waals surface area contributed by atoms with E-state index in [-0.39, 0.29) is 10.6 Å². The minimum Gasteiger partial charge on any atom is -0.388 e. The monoisotopic (exact) mass is 285 g/mol. The first-order valence-corrected chi connectivity index (χ1v) is 6.91. The molecule has 0 amide bonds. The van der Waals surface area contributed by atoms with Gasteiger partial charge in [-0.3, -0.25) is 10.1 Å². The Morgan fingerprint density at radius 3 is 2.24 bits per heavy atom. The van der Waals surface area contributed by atoms with Gasteiger partial charge < -0.3 is 10.6 Å². The maximum atomic E-state index is 10.9. The van der Waals surface area contributed by atoms with Crippen molar-refractivity contribution in [2.75, 3.05) is 17.7 Å². The largest absolute Gasteiger partial charge is 0.388 e. The molecule has 0 heterocycles. The summed E-state index contributed by atoms with van der Waals surface area (Å²) in [5.41, 5.74) is 3.96. The van der Waals surface area contributed by atoms with Crippen LogP contribution in [0.15, 0.2) is 42.5 Å². The Hall–Kier alpha value is -2.56. The molecule has 21 heavy (non-hydrogen) atoms. The molecule has 110 valence electrons. The smallest absolute Gasteiger partial charge is 0.273 e. The van der Waals surface area contributed by atoms with Crippen LogP contribution in [0.25, 0.3) is 0 Å². The summed E-state index contributed by atoms with van der Waals surface area (Å²) < 4.78 is 0. The molecule has 0 aliphatic heterocycles. The zero-order valence-corrected chi connectivity index (χ0v) is 12.2. The zero-order valence-electron chi connectivity index (χ0n) is 12.2. The molecule has 0 saturated heterocycles. The standard InChI is InChI=1S/C16H19N3O2/c1-3-12-4-6-13(7-5-12)11-18-15-8-14(17-2)9-16(10-15)19(20)21/h4-10,17-18H,3,11H2,1-2H3. The van der Waals surface area contributed by atoms with Crippen LogP contribution in [-0.4, -0.2) is 12.0 Å². The number of hydrogen-bond donors (Lipinski definition) is 2. The SMILES string of the molecule is CCc1ccc(CNc2cc(NC)cc([N+](=O)[O-])c2)cc1. The zero-order chi connectivity index (χ0) is 15.2. The lowest BCUT2D eigenvalue weighted by molar-refractivity contribution is -0.384. The summed E-state index contributed by atoms with van der Waals surface area (Å²) in [6.07, 6.45) is 1.02. The van der Waals surface area contributed by atoms with Crippen LogP contribution in [0.1, 0.15) is 18.1 Å². The van der Waals surface area contributed by atoms with Gasteiger partial charge >= 0.3 is 0 Å². The maximum Gasteiger partial charge on any atom is 0.273 e. The van der Waals surface area contributed by atoms with Crippen LogP contribution in [0.5, 0.6) is 0 Å². The van der Waals surface area contributed by atoms with E-state index in [1.165, 1.54) is 11.6 Å². The first kappa shape index (κ1) is 14.8. The molecular weight excluding hydrogens is 266 g/mol. The Labute approximate surface area is 124 Å². The highest BCUT2D eigenvalue weighted by Gasteiger charge is 2.09. The summed E-state index contributed by atoms with van der Waals surface area (Å²) >= 11 is 0. The van der Waals surface area contributed by atoms with Gasteiger partial charge in [0.05, 0.1) is 4.92 Å².